The number of hydrogen-bond acceptors (Lipinski definition) is 3. The smallest absolute Gasteiger partial charge is 0.322 e. The van der Waals surface area contributed by atoms with Crippen LogP contribution in [-0.4, -0.2) is 47.0 Å². The number of benzene rings is 1. The Bertz CT molecular complexity index is 793. The number of nitrogens with one attached hydrogen (secondary N) is 1. The lowest BCUT2D eigenvalue weighted by Gasteiger charge is -2.34. The molecule has 9 heteroatoms. The summed E-state index contributed by atoms with van der Waals surface area (Å²) >= 11 is 5.66. The van der Waals surface area contributed by atoms with Crippen LogP contribution in [0.15, 0.2) is 42.7 Å². The Hall–Kier alpha value is -2.32. The van der Waals surface area contributed by atoms with E-state index in [-0.39, 0.29) is 10.7 Å². The molecule has 1 saturated heterocycles. The van der Waals surface area contributed by atoms with E-state index >= 15 is 0 Å². The van der Waals surface area contributed by atoms with Crippen molar-refractivity contribution in [2.24, 2.45) is 0 Å². The van der Waals surface area contributed by atoms with Gasteiger partial charge in [0.15, 0.2) is 0 Å². The minimum absolute atomic E-state index is 0.0370. The Morgan fingerprint density at radius 1 is 1.11 bits per heavy atom. The topological polar surface area (TPSA) is 48.5 Å². The maximum atomic E-state index is 13.1. The van der Waals surface area contributed by atoms with Crippen molar-refractivity contribution >= 4 is 23.3 Å². The van der Waals surface area contributed by atoms with Crippen LogP contribution in [-0.2, 0) is 12.7 Å². The van der Waals surface area contributed by atoms with Gasteiger partial charge >= 0.3 is 12.2 Å². The molecule has 144 valence electrons. The Morgan fingerprint density at radius 3 is 2.41 bits per heavy atom. The molecular weight excluding hydrogens is 381 g/mol. The Balaban J connectivity index is 1.59. The first-order chi connectivity index (χ1) is 12.8. The fourth-order valence-corrected chi connectivity index (χ4v) is 3.08. The third kappa shape index (κ3) is 5.11. The molecule has 1 aliphatic rings. The van der Waals surface area contributed by atoms with Crippen LogP contribution in [0.2, 0.25) is 5.02 Å². The molecular formula is C18H18ClF3N4O. The highest BCUT2D eigenvalue weighted by Gasteiger charge is 2.34. The second-order valence-corrected chi connectivity index (χ2v) is 6.67. The van der Waals surface area contributed by atoms with Crippen molar-refractivity contribution in [1.29, 1.82) is 0 Å². The number of anilines is 1. The van der Waals surface area contributed by atoms with Crippen molar-refractivity contribution in [3.05, 3.63) is 58.9 Å². The van der Waals surface area contributed by atoms with E-state index in [4.69, 9.17) is 11.6 Å². The number of piperazine rings is 1. The quantitative estimate of drug-likeness (QED) is 0.846. The van der Waals surface area contributed by atoms with Crippen LogP contribution < -0.4 is 5.32 Å². The van der Waals surface area contributed by atoms with Gasteiger partial charge in [0.25, 0.3) is 0 Å². The average molecular weight is 399 g/mol. The molecule has 2 amide bonds. The number of urea groups is 1. The molecule has 1 N–H and O–H groups in total. The standard InChI is InChI=1S/C18H18ClF3N4O/c19-14-1-2-16(15(11-14)18(20,21)22)24-17(27)26-9-7-25(8-10-26)12-13-3-5-23-6-4-13/h1-6,11H,7-10,12H2,(H,24,27). The summed E-state index contributed by atoms with van der Waals surface area (Å²) in [5.41, 5.74) is -0.130. The van der Waals surface area contributed by atoms with Crippen molar-refractivity contribution < 1.29 is 18.0 Å². The molecule has 1 aliphatic heterocycles. The van der Waals surface area contributed by atoms with Gasteiger partial charge in [-0.05, 0) is 35.9 Å². The first kappa shape index (κ1) is 19.4. The Kier molecular flexibility index (Phi) is 5.86. The number of aromatic nitrogens is 1. The number of carbonyl (C=O) groups excluding carboxylic acids is 1. The number of rotatable bonds is 3. The number of halogens is 4. The number of pyridine rings is 1. The van der Waals surface area contributed by atoms with Crippen LogP contribution in [0.4, 0.5) is 23.7 Å². The summed E-state index contributed by atoms with van der Waals surface area (Å²) in [6.45, 7) is 2.90. The summed E-state index contributed by atoms with van der Waals surface area (Å²) < 4.78 is 39.4. The number of carbonyl (C=O) groups is 1. The molecule has 1 aromatic carbocycles. The Morgan fingerprint density at radius 2 is 1.78 bits per heavy atom. The summed E-state index contributed by atoms with van der Waals surface area (Å²) in [6.07, 6.45) is -1.15. The van der Waals surface area contributed by atoms with Gasteiger partial charge in [-0.15, -0.1) is 0 Å². The van der Waals surface area contributed by atoms with E-state index in [0.717, 1.165) is 18.2 Å². The minimum Gasteiger partial charge on any atom is -0.322 e. The molecule has 2 heterocycles. The van der Waals surface area contributed by atoms with Gasteiger partial charge in [-0.2, -0.15) is 13.2 Å². The molecule has 27 heavy (non-hydrogen) atoms. The van der Waals surface area contributed by atoms with Crippen LogP contribution in [0, 0.1) is 0 Å². The van der Waals surface area contributed by atoms with Gasteiger partial charge in [-0.1, -0.05) is 11.6 Å². The maximum Gasteiger partial charge on any atom is 0.418 e. The number of hydrogen-bond donors (Lipinski definition) is 1. The van der Waals surface area contributed by atoms with E-state index in [1.807, 2.05) is 12.1 Å². The van der Waals surface area contributed by atoms with Crippen molar-refractivity contribution in [2.45, 2.75) is 12.7 Å². The van der Waals surface area contributed by atoms with E-state index in [1.165, 1.54) is 17.0 Å². The van der Waals surface area contributed by atoms with Crippen molar-refractivity contribution in [1.82, 2.24) is 14.8 Å². The SMILES string of the molecule is O=C(Nc1ccc(Cl)cc1C(F)(F)F)N1CCN(Cc2ccncc2)CC1. The largest absolute Gasteiger partial charge is 0.418 e. The fourth-order valence-electron chi connectivity index (χ4n) is 2.91. The van der Waals surface area contributed by atoms with Crippen LogP contribution in [0.25, 0.3) is 0 Å². The first-order valence-corrected chi connectivity index (χ1v) is 8.74. The van der Waals surface area contributed by atoms with Gasteiger partial charge in [0.05, 0.1) is 11.3 Å². The van der Waals surface area contributed by atoms with Crippen molar-refractivity contribution in [3.63, 3.8) is 0 Å². The molecule has 3 rings (SSSR count). The lowest BCUT2D eigenvalue weighted by Crippen LogP contribution is -2.49. The zero-order valence-corrected chi connectivity index (χ0v) is 15.1. The highest BCUT2D eigenvalue weighted by atomic mass is 35.5. The van der Waals surface area contributed by atoms with E-state index in [0.29, 0.717) is 26.2 Å². The number of nitrogens with zero attached hydrogens (tertiary/aromatic N) is 3. The van der Waals surface area contributed by atoms with Crippen LogP contribution in [0.5, 0.6) is 0 Å². The third-order valence-electron chi connectivity index (χ3n) is 4.34. The van der Waals surface area contributed by atoms with E-state index in [1.54, 1.807) is 12.4 Å². The van der Waals surface area contributed by atoms with Crippen LogP contribution in [0.3, 0.4) is 0 Å². The molecule has 0 bridgehead atoms. The highest BCUT2D eigenvalue weighted by molar-refractivity contribution is 6.30. The van der Waals surface area contributed by atoms with Crippen molar-refractivity contribution in [2.75, 3.05) is 31.5 Å². The molecule has 2 aromatic rings. The van der Waals surface area contributed by atoms with Gasteiger partial charge in [0, 0.05) is 50.1 Å². The molecule has 1 aromatic heterocycles. The first-order valence-electron chi connectivity index (χ1n) is 8.37. The molecule has 0 radical (unpaired) electrons. The van der Waals surface area contributed by atoms with E-state index < -0.39 is 17.8 Å². The lowest BCUT2D eigenvalue weighted by molar-refractivity contribution is -0.136. The maximum absolute atomic E-state index is 13.1. The summed E-state index contributed by atoms with van der Waals surface area (Å²) in [7, 11) is 0. The van der Waals surface area contributed by atoms with Gasteiger partial charge < -0.3 is 10.2 Å². The van der Waals surface area contributed by atoms with Gasteiger partial charge in [0.2, 0.25) is 0 Å². The van der Waals surface area contributed by atoms with Crippen LogP contribution >= 0.6 is 11.6 Å². The molecule has 1 fully saturated rings. The van der Waals surface area contributed by atoms with Gasteiger partial charge in [-0.25, -0.2) is 4.79 Å². The molecule has 0 spiro atoms. The average Bonchev–Trinajstić information content (AvgIpc) is 2.64. The fraction of sp³-hybridized carbons (Fsp3) is 0.333. The highest BCUT2D eigenvalue weighted by Crippen LogP contribution is 2.36. The summed E-state index contributed by atoms with van der Waals surface area (Å²) in [4.78, 5) is 20.1. The third-order valence-corrected chi connectivity index (χ3v) is 4.58. The zero-order chi connectivity index (χ0) is 19.4. The monoisotopic (exact) mass is 398 g/mol. The van der Waals surface area contributed by atoms with Gasteiger partial charge in [0.1, 0.15) is 0 Å². The predicted molar refractivity (Wildman–Crippen MR) is 96.6 cm³/mol. The lowest BCUT2D eigenvalue weighted by atomic mass is 10.1. The summed E-state index contributed by atoms with van der Waals surface area (Å²) in [5.74, 6) is 0. The van der Waals surface area contributed by atoms with E-state index in [9.17, 15) is 18.0 Å². The Labute approximate surface area is 159 Å². The number of alkyl halides is 3. The molecule has 0 aliphatic carbocycles. The van der Waals surface area contributed by atoms with Crippen molar-refractivity contribution in [3.8, 4) is 0 Å². The molecule has 0 atom stereocenters. The molecule has 0 unspecified atom stereocenters. The molecule has 5 nitrogen and oxygen atoms in total. The second kappa shape index (κ2) is 8.14. The zero-order valence-electron chi connectivity index (χ0n) is 14.3. The molecule has 0 saturated carbocycles. The normalized spacial score (nSPS) is 15.6. The van der Waals surface area contributed by atoms with Crippen LogP contribution in [0.1, 0.15) is 11.1 Å². The summed E-state index contributed by atoms with van der Waals surface area (Å²) in [6, 6.07) is 6.61. The number of amides is 2. The minimum atomic E-state index is -4.60. The summed E-state index contributed by atoms with van der Waals surface area (Å²) in [5, 5.41) is 2.32. The van der Waals surface area contributed by atoms with E-state index in [2.05, 4.69) is 15.2 Å². The predicted octanol–water partition coefficient (Wildman–Crippen LogP) is 4.10. The van der Waals surface area contributed by atoms with Gasteiger partial charge in [-0.3, -0.25) is 9.88 Å². The second-order valence-electron chi connectivity index (χ2n) is 6.24.